The lowest BCUT2D eigenvalue weighted by molar-refractivity contribution is 0.564. The van der Waals surface area contributed by atoms with Crippen molar-refractivity contribution < 1.29 is 8.78 Å². The molecule has 1 aromatic carbocycles. The number of nitrogens with zero attached hydrogens (tertiary/aromatic N) is 4. The molecule has 0 amide bonds. The van der Waals surface area contributed by atoms with Gasteiger partial charge in [0.25, 0.3) is 0 Å². The van der Waals surface area contributed by atoms with Gasteiger partial charge < -0.3 is 5.32 Å². The molecule has 8 heteroatoms. The molecule has 0 saturated carbocycles. The zero-order valence-electron chi connectivity index (χ0n) is 15.8. The fourth-order valence-corrected chi connectivity index (χ4v) is 3.11. The summed E-state index contributed by atoms with van der Waals surface area (Å²) in [5.41, 5.74) is 2.77. The lowest BCUT2D eigenvalue weighted by Crippen LogP contribution is -2.22. The van der Waals surface area contributed by atoms with Crippen LogP contribution in [0.25, 0.3) is 33.4 Å². The van der Waals surface area contributed by atoms with Crippen molar-refractivity contribution in [2.75, 3.05) is 0 Å². The molecule has 0 spiro atoms. The first kappa shape index (κ1) is 18.2. The number of benzene rings is 1. The molecule has 3 aromatic heterocycles. The van der Waals surface area contributed by atoms with Gasteiger partial charge in [0, 0.05) is 36.8 Å². The van der Waals surface area contributed by atoms with E-state index < -0.39 is 11.6 Å². The fourth-order valence-electron chi connectivity index (χ4n) is 3.11. The average molecular weight is 382 g/mol. The highest BCUT2D eigenvalue weighted by Crippen LogP contribution is 2.31. The van der Waals surface area contributed by atoms with Crippen LogP contribution in [0.2, 0.25) is 0 Å². The molecule has 0 radical (unpaired) electrons. The van der Waals surface area contributed by atoms with Crippen molar-refractivity contribution in [2.45, 2.75) is 26.4 Å². The standard InChI is InChI=1S/C20H20F2N6/c1-11(2)23-7-12-4-15(21)19(16(22)5-12)17-6-14-18(9-24-17)26-27-20(14)13-8-25-28(3)10-13/h4-6,8-11,23H,7H2,1-3H3,(H,26,27). The Morgan fingerprint density at radius 2 is 1.89 bits per heavy atom. The third-order valence-corrected chi connectivity index (χ3v) is 4.50. The number of hydrogen-bond acceptors (Lipinski definition) is 4. The van der Waals surface area contributed by atoms with Crippen molar-refractivity contribution in [3.63, 3.8) is 0 Å². The number of aromatic amines is 1. The molecule has 28 heavy (non-hydrogen) atoms. The Labute approximate surface area is 160 Å². The molecule has 144 valence electrons. The van der Waals surface area contributed by atoms with Crippen LogP contribution in [0.3, 0.4) is 0 Å². The molecule has 3 heterocycles. The van der Waals surface area contributed by atoms with Gasteiger partial charge in [0.2, 0.25) is 0 Å². The number of aryl methyl sites for hydroxylation is 1. The maximum atomic E-state index is 14.7. The second kappa shape index (κ2) is 7.12. The van der Waals surface area contributed by atoms with E-state index in [9.17, 15) is 8.78 Å². The summed E-state index contributed by atoms with van der Waals surface area (Å²) in [4.78, 5) is 4.23. The Hall–Kier alpha value is -3.13. The van der Waals surface area contributed by atoms with Crippen LogP contribution in [0, 0.1) is 11.6 Å². The number of fused-ring (bicyclic) bond motifs is 1. The molecule has 0 unspecified atom stereocenters. The van der Waals surface area contributed by atoms with Crippen molar-refractivity contribution in [1.29, 1.82) is 0 Å². The van der Waals surface area contributed by atoms with Crippen molar-refractivity contribution >= 4 is 10.9 Å². The smallest absolute Gasteiger partial charge is 0.135 e. The highest BCUT2D eigenvalue weighted by atomic mass is 19.1. The van der Waals surface area contributed by atoms with Crippen LogP contribution in [-0.2, 0) is 13.6 Å². The third-order valence-electron chi connectivity index (χ3n) is 4.50. The van der Waals surface area contributed by atoms with E-state index in [0.29, 0.717) is 23.3 Å². The molecule has 2 N–H and O–H groups in total. The molecule has 0 atom stereocenters. The number of H-pyrrole nitrogens is 1. The third kappa shape index (κ3) is 3.38. The maximum absolute atomic E-state index is 14.7. The first-order chi connectivity index (χ1) is 13.4. The van der Waals surface area contributed by atoms with Crippen LogP contribution in [0.5, 0.6) is 0 Å². The molecule has 0 saturated heterocycles. The van der Waals surface area contributed by atoms with E-state index in [1.165, 1.54) is 18.3 Å². The van der Waals surface area contributed by atoms with E-state index >= 15 is 0 Å². The minimum Gasteiger partial charge on any atom is -0.310 e. The summed E-state index contributed by atoms with van der Waals surface area (Å²) >= 11 is 0. The van der Waals surface area contributed by atoms with E-state index in [4.69, 9.17) is 0 Å². The average Bonchev–Trinajstić information content (AvgIpc) is 3.25. The molecule has 4 rings (SSSR count). The number of rotatable bonds is 5. The van der Waals surface area contributed by atoms with E-state index in [-0.39, 0.29) is 17.3 Å². The summed E-state index contributed by atoms with van der Waals surface area (Å²) in [5.74, 6) is -1.28. The predicted molar refractivity (Wildman–Crippen MR) is 103 cm³/mol. The van der Waals surface area contributed by atoms with E-state index in [0.717, 1.165) is 10.9 Å². The normalized spacial score (nSPS) is 11.6. The quantitative estimate of drug-likeness (QED) is 0.551. The van der Waals surface area contributed by atoms with E-state index in [2.05, 4.69) is 25.6 Å². The van der Waals surface area contributed by atoms with Crippen LogP contribution in [0.15, 0.2) is 36.8 Å². The summed E-state index contributed by atoms with van der Waals surface area (Å²) in [5, 5.41) is 15.2. The predicted octanol–water partition coefficient (Wildman–Crippen LogP) is 3.80. The molecular weight excluding hydrogens is 362 g/mol. The Morgan fingerprint density at radius 3 is 2.54 bits per heavy atom. The van der Waals surface area contributed by atoms with Crippen molar-refractivity contribution in [3.8, 4) is 22.5 Å². The first-order valence-corrected chi connectivity index (χ1v) is 8.97. The molecule has 4 aromatic rings. The number of nitrogens with one attached hydrogen (secondary N) is 2. The van der Waals surface area contributed by atoms with Gasteiger partial charge in [-0.2, -0.15) is 10.2 Å². The first-order valence-electron chi connectivity index (χ1n) is 8.97. The van der Waals surface area contributed by atoms with Gasteiger partial charge in [-0.25, -0.2) is 8.78 Å². The van der Waals surface area contributed by atoms with Crippen LogP contribution < -0.4 is 5.32 Å². The summed E-state index contributed by atoms with van der Waals surface area (Å²) in [6.07, 6.45) is 5.05. The summed E-state index contributed by atoms with van der Waals surface area (Å²) in [6, 6.07) is 4.56. The van der Waals surface area contributed by atoms with Crippen LogP contribution in [-0.4, -0.2) is 31.0 Å². The summed E-state index contributed by atoms with van der Waals surface area (Å²) in [7, 11) is 1.81. The molecule has 0 fully saturated rings. The number of aromatic nitrogens is 5. The second-order valence-electron chi connectivity index (χ2n) is 7.06. The van der Waals surface area contributed by atoms with Crippen molar-refractivity contribution in [1.82, 2.24) is 30.3 Å². The number of hydrogen-bond donors (Lipinski definition) is 2. The van der Waals surface area contributed by atoms with Crippen molar-refractivity contribution in [2.24, 2.45) is 7.05 Å². The van der Waals surface area contributed by atoms with Crippen LogP contribution in [0.4, 0.5) is 8.78 Å². The molecular formula is C20H20F2N6. The highest BCUT2D eigenvalue weighted by Gasteiger charge is 2.17. The van der Waals surface area contributed by atoms with E-state index in [1.807, 2.05) is 27.1 Å². The molecule has 0 aliphatic carbocycles. The van der Waals surface area contributed by atoms with Gasteiger partial charge in [-0.1, -0.05) is 13.8 Å². The zero-order valence-corrected chi connectivity index (χ0v) is 15.8. The molecule has 6 nitrogen and oxygen atoms in total. The molecule has 0 aliphatic heterocycles. The van der Waals surface area contributed by atoms with Gasteiger partial charge in [0.05, 0.1) is 29.2 Å². The lowest BCUT2D eigenvalue weighted by Gasteiger charge is -2.11. The van der Waals surface area contributed by atoms with Gasteiger partial charge in [-0.3, -0.25) is 14.8 Å². The molecule has 0 aliphatic rings. The van der Waals surface area contributed by atoms with Gasteiger partial charge in [-0.15, -0.1) is 0 Å². The van der Waals surface area contributed by atoms with Gasteiger partial charge in [0.15, 0.2) is 0 Å². The van der Waals surface area contributed by atoms with Crippen molar-refractivity contribution in [3.05, 3.63) is 54.0 Å². The minimum absolute atomic E-state index is 0.145. The van der Waals surface area contributed by atoms with Crippen LogP contribution >= 0.6 is 0 Å². The number of pyridine rings is 1. The Morgan fingerprint density at radius 1 is 1.14 bits per heavy atom. The monoisotopic (exact) mass is 382 g/mol. The van der Waals surface area contributed by atoms with Gasteiger partial charge >= 0.3 is 0 Å². The lowest BCUT2D eigenvalue weighted by atomic mass is 10.0. The SMILES string of the molecule is CC(C)NCc1cc(F)c(-c2cc3c(-c4cnn(C)c4)n[nH]c3cn2)c(F)c1. The number of halogens is 2. The topological polar surface area (TPSA) is 71.4 Å². The Balaban J connectivity index is 1.77. The summed E-state index contributed by atoms with van der Waals surface area (Å²) in [6.45, 7) is 4.35. The maximum Gasteiger partial charge on any atom is 0.135 e. The fraction of sp³-hybridized carbons (Fsp3) is 0.250. The minimum atomic E-state index is -0.640. The van der Waals surface area contributed by atoms with Crippen LogP contribution in [0.1, 0.15) is 19.4 Å². The Kier molecular flexibility index (Phi) is 4.64. The van der Waals surface area contributed by atoms with Gasteiger partial charge in [0.1, 0.15) is 17.3 Å². The Bertz CT molecular complexity index is 1120. The second-order valence-corrected chi connectivity index (χ2v) is 7.06. The summed E-state index contributed by atoms with van der Waals surface area (Å²) < 4.78 is 31.1. The zero-order chi connectivity index (χ0) is 19.8. The molecule has 0 bridgehead atoms. The largest absolute Gasteiger partial charge is 0.310 e. The highest BCUT2D eigenvalue weighted by molar-refractivity contribution is 5.94. The van der Waals surface area contributed by atoms with Gasteiger partial charge in [-0.05, 0) is 23.8 Å². The van der Waals surface area contributed by atoms with E-state index in [1.54, 1.807) is 16.9 Å².